The summed E-state index contributed by atoms with van der Waals surface area (Å²) in [6.45, 7) is 0. The largest absolute Gasteiger partial charge is 1.00 e. The zero-order chi connectivity index (χ0) is 8.97. The van der Waals surface area contributed by atoms with Crippen molar-refractivity contribution < 1.29 is 27.3 Å². The number of ether oxygens (including phenoxy) is 2. The van der Waals surface area contributed by atoms with Crippen LogP contribution in [0.25, 0.3) is 0 Å². The highest BCUT2D eigenvalue weighted by Gasteiger charge is 2.11. The minimum absolute atomic E-state index is 0. The summed E-state index contributed by atoms with van der Waals surface area (Å²) in [6.07, 6.45) is 0. The van der Waals surface area contributed by atoms with Gasteiger partial charge in [0.2, 0.25) is 0 Å². The lowest BCUT2D eigenvalue weighted by molar-refractivity contribution is -0.135. The molecule has 0 aliphatic carbocycles. The molecule has 0 atom stereocenters. The van der Waals surface area contributed by atoms with Gasteiger partial charge in [-0.25, -0.2) is 5.41 Å². The SMILES string of the molecule is COC(=[NH2+])c1ccccc1OC.[Cl-]. The second kappa shape index (κ2) is 5.43. The number of hydrogen-bond acceptors (Lipinski definition) is 2. The molecule has 0 aliphatic rings. The van der Waals surface area contributed by atoms with E-state index in [4.69, 9.17) is 14.9 Å². The monoisotopic (exact) mass is 201 g/mol. The second-order valence-electron chi connectivity index (χ2n) is 2.27. The maximum atomic E-state index is 5.59. The van der Waals surface area contributed by atoms with Crippen LogP contribution in [0.5, 0.6) is 5.75 Å². The number of hydrogen-bond donors (Lipinski definition) is 1. The number of rotatable bonds is 2. The molecule has 0 aromatic heterocycles. The molecule has 0 bridgehead atoms. The van der Waals surface area contributed by atoms with Gasteiger partial charge in [-0.1, -0.05) is 12.1 Å². The number of para-hydroxylation sites is 1. The zero-order valence-electron chi connectivity index (χ0n) is 7.58. The lowest BCUT2D eigenvalue weighted by Gasteiger charge is -2.03. The molecule has 1 rings (SSSR count). The zero-order valence-corrected chi connectivity index (χ0v) is 8.34. The molecule has 72 valence electrons. The number of methoxy groups -OCH3 is 2. The molecule has 2 N–H and O–H groups in total. The summed E-state index contributed by atoms with van der Waals surface area (Å²) in [5.41, 5.74) is 0.780. The van der Waals surface area contributed by atoms with Crippen LogP contribution in [0.2, 0.25) is 0 Å². The average Bonchev–Trinajstić information content (AvgIpc) is 2.16. The van der Waals surface area contributed by atoms with E-state index in [1.54, 1.807) is 7.11 Å². The van der Waals surface area contributed by atoms with Crippen molar-refractivity contribution in [2.75, 3.05) is 14.2 Å². The van der Waals surface area contributed by atoms with E-state index in [-0.39, 0.29) is 12.4 Å². The third kappa shape index (κ3) is 2.63. The minimum Gasteiger partial charge on any atom is -1.00 e. The third-order valence-corrected chi connectivity index (χ3v) is 1.59. The summed E-state index contributed by atoms with van der Waals surface area (Å²) < 4.78 is 9.98. The van der Waals surface area contributed by atoms with Gasteiger partial charge in [0, 0.05) is 0 Å². The Balaban J connectivity index is 0.00000144. The Morgan fingerprint density at radius 2 is 1.85 bits per heavy atom. The van der Waals surface area contributed by atoms with E-state index >= 15 is 0 Å². The molecule has 0 fully saturated rings. The van der Waals surface area contributed by atoms with Crippen LogP contribution in [0.3, 0.4) is 0 Å². The van der Waals surface area contributed by atoms with E-state index in [0.29, 0.717) is 5.90 Å². The summed E-state index contributed by atoms with van der Waals surface area (Å²) in [5.74, 6) is 1.09. The van der Waals surface area contributed by atoms with Crippen LogP contribution in [0.1, 0.15) is 5.56 Å². The smallest absolute Gasteiger partial charge is 0.370 e. The minimum atomic E-state index is 0. The summed E-state index contributed by atoms with van der Waals surface area (Å²) in [6, 6.07) is 7.44. The van der Waals surface area contributed by atoms with Crippen molar-refractivity contribution in [3.8, 4) is 5.75 Å². The van der Waals surface area contributed by atoms with Crippen LogP contribution < -0.4 is 22.6 Å². The van der Waals surface area contributed by atoms with Crippen LogP contribution in [-0.2, 0) is 4.74 Å². The van der Waals surface area contributed by atoms with Gasteiger partial charge in [-0.2, -0.15) is 0 Å². The highest BCUT2D eigenvalue weighted by molar-refractivity contribution is 5.92. The Labute approximate surface area is 83.6 Å². The average molecular weight is 202 g/mol. The third-order valence-electron chi connectivity index (χ3n) is 1.59. The van der Waals surface area contributed by atoms with Crippen LogP contribution in [0, 0.1) is 0 Å². The molecular weight excluding hydrogens is 190 g/mol. The summed E-state index contributed by atoms with van der Waals surface area (Å²) >= 11 is 0. The molecule has 0 aliphatic heterocycles. The number of benzene rings is 1. The van der Waals surface area contributed by atoms with Crippen LogP contribution in [-0.4, -0.2) is 20.1 Å². The van der Waals surface area contributed by atoms with Gasteiger partial charge in [0.1, 0.15) is 11.3 Å². The van der Waals surface area contributed by atoms with Gasteiger partial charge in [0.05, 0.1) is 14.2 Å². The molecule has 4 heteroatoms. The second-order valence-corrected chi connectivity index (χ2v) is 2.27. The molecule has 1 aromatic carbocycles. The standard InChI is InChI=1S/C9H11NO2.ClH/c1-11-8-6-4-3-5-7(8)9(10)12-2;/h3-6,10H,1-2H3;1H. The van der Waals surface area contributed by atoms with E-state index in [2.05, 4.69) is 0 Å². The van der Waals surface area contributed by atoms with E-state index in [1.807, 2.05) is 24.3 Å². The topological polar surface area (TPSA) is 44.0 Å². The Morgan fingerprint density at radius 1 is 1.23 bits per heavy atom. The lowest BCUT2D eigenvalue weighted by atomic mass is 10.2. The first-order valence-electron chi connectivity index (χ1n) is 3.59. The van der Waals surface area contributed by atoms with Crippen molar-refractivity contribution in [1.29, 1.82) is 0 Å². The molecule has 3 nitrogen and oxygen atoms in total. The first-order valence-corrected chi connectivity index (χ1v) is 3.59. The fourth-order valence-corrected chi connectivity index (χ4v) is 0.958. The molecule has 1 aromatic rings. The van der Waals surface area contributed by atoms with Crippen molar-refractivity contribution in [1.82, 2.24) is 0 Å². The predicted octanol–water partition coefficient (Wildman–Crippen LogP) is -3.15. The summed E-state index contributed by atoms with van der Waals surface area (Å²) in [4.78, 5) is 0. The molecule has 13 heavy (non-hydrogen) atoms. The Hall–Kier alpha value is -1.22. The quantitative estimate of drug-likeness (QED) is 0.406. The number of nitrogens with two attached hydrogens (primary N) is 1. The van der Waals surface area contributed by atoms with Gasteiger partial charge in [0.15, 0.2) is 0 Å². The molecule has 0 saturated carbocycles. The van der Waals surface area contributed by atoms with Crippen molar-refractivity contribution in [3.05, 3.63) is 29.8 Å². The van der Waals surface area contributed by atoms with Crippen molar-refractivity contribution in [2.45, 2.75) is 0 Å². The van der Waals surface area contributed by atoms with E-state index in [9.17, 15) is 0 Å². The van der Waals surface area contributed by atoms with E-state index in [0.717, 1.165) is 11.3 Å². The maximum absolute atomic E-state index is 5.59. The van der Waals surface area contributed by atoms with Gasteiger partial charge in [-0.3, -0.25) is 0 Å². The molecule has 0 unspecified atom stereocenters. The van der Waals surface area contributed by atoms with Gasteiger partial charge >= 0.3 is 5.90 Å². The van der Waals surface area contributed by atoms with E-state index in [1.165, 1.54) is 7.11 Å². The molecule has 0 heterocycles. The van der Waals surface area contributed by atoms with Gasteiger partial charge in [0.25, 0.3) is 0 Å². The molecule has 0 spiro atoms. The van der Waals surface area contributed by atoms with Gasteiger partial charge < -0.3 is 21.9 Å². The van der Waals surface area contributed by atoms with Crippen molar-refractivity contribution in [2.24, 2.45) is 0 Å². The van der Waals surface area contributed by atoms with Crippen LogP contribution in [0.15, 0.2) is 24.3 Å². The predicted molar refractivity (Wildman–Crippen MR) is 46.0 cm³/mol. The Morgan fingerprint density at radius 3 is 2.38 bits per heavy atom. The lowest BCUT2D eigenvalue weighted by Crippen LogP contribution is -3.00. The summed E-state index contributed by atoms with van der Waals surface area (Å²) in [5, 5.41) is 5.59. The maximum Gasteiger partial charge on any atom is 0.370 e. The van der Waals surface area contributed by atoms with Crippen molar-refractivity contribution in [3.63, 3.8) is 0 Å². The van der Waals surface area contributed by atoms with Crippen LogP contribution in [0.4, 0.5) is 0 Å². The fraction of sp³-hybridized carbons (Fsp3) is 0.222. The normalized spacial score (nSPS) is 8.46. The first-order chi connectivity index (χ1) is 5.79. The first kappa shape index (κ1) is 11.8. The molecule has 0 amide bonds. The molecular formula is C9H12ClNO2. The molecule has 0 saturated heterocycles. The Kier molecular flexibility index (Phi) is 4.92. The molecule has 0 radical (unpaired) electrons. The highest BCUT2D eigenvalue weighted by atomic mass is 35.5. The van der Waals surface area contributed by atoms with Crippen LogP contribution >= 0.6 is 0 Å². The Bertz CT molecular complexity index is 289. The summed E-state index contributed by atoms with van der Waals surface area (Å²) in [7, 11) is 3.13. The van der Waals surface area contributed by atoms with Gasteiger partial charge in [-0.15, -0.1) is 0 Å². The van der Waals surface area contributed by atoms with Gasteiger partial charge in [-0.05, 0) is 12.1 Å². The fourth-order valence-electron chi connectivity index (χ4n) is 0.958. The van der Waals surface area contributed by atoms with E-state index < -0.39 is 0 Å². The number of halogens is 1. The highest BCUT2D eigenvalue weighted by Crippen LogP contribution is 2.16. The van der Waals surface area contributed by atoms with Crippen molar-refractivity contribution >= 4 is 5.90 Å².